The van der Waals surface area contributed by atoms with Gasteiger partial charge in [0.25, 0.3) is 5.91 Å². The molecule has 0 saturated carbocycles. The number of nitrogens with one attached hydrogen (secondary N) is 1. The van der Waals surface area contributed by atoms with Crippen molar-refractivity contribution in [3.8, 4) is 0 Å². The molecule has 0 radical (unpaired) electrons. The Morgan fingerprint density at radius 3 is 2.75 bits per heavy atom. The van der Waals surface area contributed by atoms with Crippen molar-refractivity contribution in [2.45, 2.75) is 38.3 Å². The van der Waals surface area contributed by atoms with Crippen LogP contribution >= 0.6 is 0 Å². The first-order valence-electron chi connectivity index (χ1n) is 8.12. The molecule has 1 aromatic carbocycles. The van der Waals surface area contributed by atoms with E-state index in [2.05, 4.69) is 10.5 Å². The molecule has 0 unspecified atom stereocenters. The lowest BCUT2D eigenvalue weighted by Crippen LogP contribution is -2.43. The van der Waals surface area contributed by atoms with E-state index in [0.717, 1.165) is 18.4 Å². The molecule has 0 bridgehead atoms. The fraction of sp³-hybridized carbons (Fsp3) is 0.471. The number of hydrazone groups is 1. The first-order chi connectivity index (χ1) is 11.6. The van der Waals surface area contributed by atoms with Gasteiger partial charge in [-0.3, -0.25) is 9.59 Å². The van der Waals surface area contributed by atoms with E-state index < -0.39 is 0 Å². The molecule has 2 aliphatic rings. The minimum Gasteiger partial charge on any atom is -0.376 e. The van der Waals surface area contributed by atoms with Crippen molar-refractivity contribution >= 4 is 17.5 Å². The molecule has 6 nitrogen and oxygen atoms in total. The fourth-order valence-corrected chi connectivity index (χ4v) is 2.87. The summed E-state index contributed by atoms with van der Waals surface area (Å²) in [5, 5.41) is 3.89. The number of nitrogens with zero attached hydrogens (tertiary/aromatic N) is 2. The molecule has 1 saturated heterocycles. The van der Waals surface area contributed by atoms with Gasteiger partial charge in [0.2, 0.25) is 5.91 Å². The standard InChI is InChI=1S/C17H20FN3O3/c18-13-5-3-12(4-6-13)10-21(11-14-2-1-9-24-14)17(23)15-7-8-16(22)20-19-15/h3-6,14H,1-2,7-11H2,(H,20,22)/t14-/m1/s1. The van der Waals surface area contributed by atoms with Gasteiger partial charge >= 0.3 is 0 Å². The zero-order valence-electron chi connectivity index (χ0n) is 13.3. The van der Waals surface area contributed by atoms with Crippen LogP contribution in [-0.2, 0) is 20.9 Å². The second kappa shape index (κ2) is 7.53. The number of halogens is 1. The molecule has 2 heterocycles. The SMILES string of the molecule is O=C1CCC(C(=O)N(Cc2ccc(F)cc2)C[C@H]2CCCO2)=NN1. The second-order valence-electron chi connectivity index (χ2n) is 6.04. The van der Waals surface area contributed by atoms with E-state index in [4.69, 9.17) is 4.74 Å². The van der Waals surface area contributed by atoms with E-state index in [0.29, 0.717) is 31.8 Å². The van der Waals surface area contributed by atoms with Gasteiger partial charge in [0.15, 0.2) is 0 Å². The van der Waals surface area contributed by atoms with Crippen LogP contribution in [-0.4, -0.2) is 41.7 Å². The van der Waals surface area contributed by atoms with E-state index in [1.54, 1.807) is 17.0 Å². The molecule has 1 atom stereocenters. The maximum atomic E-state index is 13.1. The minimum absolute atomic E-state index is 0.00757. The van der Waals surface area contributed by atoms with Gasteiger partial charge in [-0.1, -0.05) is 12.1 Å². The quantitative estimate of drug-likeness (QED) is 0.890. The number of amides is 2. The normalized spacial score (nSPS) is 20.5. The Bertz CT molecular complexity index is 639. The lowest BCUT2D eigenvalue weighted by molar-refractivity contribution is -0.126. The van der Waals surface area contributed by atoms with E-state index in [1.807, 2.05) is 0 Å². The highest BCUT2D eigenvalue weighted by atomic mass is 19.1. The number of benzene rings is 1. The van der Waals surface area contributed by atoms with Gasteiger partial charge in [0.1, 0.15) is 11.5 Å². The average Bonchev–Trinajstić information content (AvgIpc) is 3.09. The second-order valence-corrected chi connectivity index (χ2v) is 6.04. The lowest BCUT2D eigenvalue weighted by atomic mass is 10.1. The van der Waals surface area contributed by atoms with E-state index in [9.17, 15) is 14.0 Å². The predicted octanol–water partition coefficient (Wildman–Crippen LogP) is 1.60. The Morgan fingerprint density at radius 2 is 2.12 bits per heavy atom. The van der Waals surface area contributed by atoms with Crippen LogP contribution in [0.25, 0.3) is 0 Å². The van der Waals surface area contributed by atoms with Crippen molar-refractivity contribution in [2.75, 3.05) is 13.2 Å². The summed E-state index contributed by atoms with van der Waals surface area (Å²) in [6.07, 6.45) is 2.50. The summed E-state index contributed by atoms with van der Waals surface area (Å²) in [5.74, 6) is -0.708. The van der Waals surface area contributed by atoms with Crippen molar-refractivity contribution in [3.63, 3.8) is 0 Å². The molecule has 0 aromatic heterocycles. The molecule has 3 rings (SSSR count). The van der Waals surface area contributed by atoms with E-state index in [1.165, 1.54) is 12.1 Å². The predicted molar refractivity (Wildman–Crippen MR) is 85.6 cm³/mol. The highest BCUT2D eigenvalue weighted by molar-refractivity contribution is 6.39. The summed E-state index contributed by atoms with van der Waals surface area (Å²) in [7, 11) is 0. The first-order valence-corrected chi connectivity index (χ1v) is 8.12. The van der Waals surface area contributed by atoms with Gasteiger partial charge in [0, 0.05) is 32.5 Å². The molecule has 0 aliphatic carbocycles. The fourth-order valence-electron chi connectivity index (χ4n) is 2.87. The molecule has 128 valence electrons. The molecule has 2 aliphatic heterocycles. The third-order valence-electron chi connectivity index (χ3n) is 4.17. The third kappa shape index (κ3) is 4.17. The molecule has 2 amide bonds. The Hall–Kier alpha value is -2.28. The topological polar surface area (TPSA) is 71.0 Å². The number of hydrogen-bond acceptors (Lipinski definition) is 4. The van der Waals surface area contributed by atoms with Crippen LogP contribution in [0.15, 0.2) is 29.4 Å². The monoisotopic (exact) mass is 333 g/mol. The number of ether oxygens (including phenoxy) is 1. The van der Waals surface area contributed by atoms with Crippen molar-refractivity contribution in [3.05, 3.63) is 35.6 Å². The zero-order chi connectivity index (χ0) is 16.9. The molecule has 1 N–H and O–H groups in total. The van der Waals surface area contributed by atoms with Crippen molar-refractivity contribution < 1.29 is 18.7 Å². The summed E-state index contributed by atoms with van der Waals surface area (Å²) >= 11 is 0. The number of hydrogen-bond donors (Lipinski definition) is 1. The summed E-state index contributed by atoms with van der Waals surface area (Å²) in [5.41, 5.74) is 3.53. The van der Waals surface area contributed by atoms with Crippen molar-refractivity contribution in [1.29, 1.82) is 0 Å². The highest BCUT2D eigenvalue weighted by Gasteiger charge is 2.27. The largest absolute Gasteiger partial charge is 0.376 e. The smallest absolute Gasteiger partial charge is 0.270 e. The van der Waals surface area contributed by atoms with E-state index in [-0.39, 0.29) is 30.2 Å². The Labute approximate surface area is 139 Å². The summed E-state index contributed by atoms with van der Waals surface area (Å²) in [4.78, 5) is 25.6. The van der Waals surface area contributed by atoms with Crippen molar-refractivity contribution in [1.82, 2.24) is 10.3 Å². The molecule has 7 heteroatoms. The lowest BCUT2D eigenvalue weighted by Gasteiger charge is -2.27. The van der Waals surface area contributed by atoms with Gasteiger partial charge in [-0.25, -0.2) is 9.82 Å². The summed E-state index contributed by atoms with van der Waals surface area (Å²) in [6.45, 7) is 1.52. The number of carbonyl (C=O) groups excluding carboxylic acids is 2. The highest BCUT2D eigenvalue weighted by Crippen LogP contribution is 2.17. The zero-order valence-corrected chi connectivity index (χ0v) is 13.3. The molecular formula is C17H20FN3O3. The van der Waals surface area contributed by atoms with Crippen LogP contribution in [0, 0.1) is 5.82 Å². The van der Waals surface area contributed by atoms with Gasteiger partial charge in [-0.2, -0.15) is 5.10 Å². The third-order valence-corrected chi connectivity index (χ3v) is 4.17. The van der Waals surface area contributed by atoms with Gasteiger partial charge in [-0.05, 0) is 30.5 Å². The van der Waals surface area contributed by atoms with Crippen LogP contribution in [0.2, 0.25) is 0 Å². The van der Waals surface area contributed by atoms with Crippen LogP contribution in [0.4, 0.5) is 4.39 Å². The molecular weight excluding hydrogens is 313 g/mol. The van der Waals surface area contributed by atoms with Crippen molar-refractivity contribution in [2.24, 2.45) is 5.10 Å². The van der Waals surface area contributed by atoms with Crippen LogP contribution < -0.4 is 5.43 Å². The number of rotatable bonds is 5. The first kappa shape index (κ1) is 16.6. The van der Waals surface area contributed by atoms with Crippen LogP contribution in [0.3, 0.4) is 0 Å². The Balaban J connectivity index is 1.74. The molecule has 24 heavy (non-hydrogen) atoms. The van der Waals surface area contributed by atoms with Crippen LogP contribution in [0.1, 0.15) is 31.2 Å². The Morgan fingerprint density at radius 1 is 1.33 bits per heavy atom. The van der Waals surface area contributed by atoms with Gasteiger partial charge in [0.05, 0.1) is 6.10 Å². The molecule has 1 aromatic rings. The minimum atomic E-state index is -0.310. The maximum Gasteiger partial charge on any atom is 0.270 e. The average molecular weight is 333 g/mol. The van der Waals surface area contributed by atoms with E-state index >= 15 is 0 Å². The maximum absolute atomic E-state index is 13.1. The number of carbonyl (C=O) groups is 2. The summed E-state index contributed by atoms with van der Waals surface area (Å²) < 4.78 is 18.7. The molecule has 1 fully saturated rings. The molecule has 0 spiro atoms. The Kier molecular flexibility index (Phi) is 5.20. The van der Waals surface area contributed by atoms with Gasteiger partial charge in [-0.15, -0.1) is 0 Å². The van der Waals surface area contributed by atoms with Gasteiger partial charge < -0.3 is 9.64 Å². The summed E-state index contributed by atoms with van der Waals surface area (Å²) in [6, 6.07) is 6.08. The van der Waals surface area contributed by atoms with Crippen LogP contribution in [0.5, 0.6) is 0 Å².